The molecule has 1 aromatic heterocycles. The number of methoxy groups -OCH3 is 1. The Bertz CT molecular complexity index is 1550. The van der Waals surface area contributed by atoms with Crippen LogP contribution in [0.3, 0.4) is 0 Å². The number of benzene rings is 3. The van der Waals surface area contributed by atoms with Crippen molar-refractivity contribution < 1.29 is 17.9 Å². The van der Waals surface area contributed by atoms with Crippen LogP contribution in [0.15, 0.2) is 84.0 Å². The summed E-state index contributed by atoms with van der Waals surface area (Å²) in [7, 11) is 1.53. The van der Waals surface area contributed by atoms with Gasteiger partial charge in [0.05, 0.1) is 18.8 Å². The van der Waals surface area contributed by atoms with E-state index in [0.717, 1.165) is 13.0 Å². The van der Waals surface area contributed by atoms with Crippen LogP contribution in [0.2, 0.25) is 0 Å². The monoisotopic (exact) mass is 589 g/mol. The van der Waals surface area contributed by atoms with Gasteiger partial charge >= 0.3 is 6.18 Å². The fraction of sp³-hybridized carbons (Fsp3) is 0.367. The molecule has 6 rings (SSSR count). The smallest absolute Gasteiger partial charge is 0.453 e. The minimum atomic E-state index is -4.71. The first kappa shape index (κ1) is 28.7. The predicted octanol–water partition coefficient (Wildman–Crippen LogP) is 5.46. The maximum absolute atomic E-state index is 13.6. The maximum Gasteiger partial charge on any atom is 0.453 e. The summed E-state index contributed by atoms with van der Waals surface area (Å²) >= 11 is 0. The molecule has 3 heterocycles. The van der Waals surface area contributed by atoms with Crippen LogP contribution >= 0.6 is 0 Å². The van der Waals surface area contributed by atoms with Gasteiger partial charge in [0.15, 0.2) is 0 Å². The third-order valence-electron chi connectivity index (χ3n) is 8.40. The highest BCUT2D eigenvalue weighted by Crippen LogP contribution is 2.39. The Morgan fingerprint density at radius 3 is 2.35 bits per heavy atom. The molecular formula is C30H30F3N9O. The Balaban J connectivity index is 1.38. The van der Waals surface area contributed by atoms with Crippen molar-refractivity contribution in [3.8, 4) is 11.4 Å². The van der Waals surface area contributed by atoms with Crippen molar-refractivity contribution >= 4 is 0 Å². The molecule has 2 fully saturated rings. The van der Waals surface area contributed by atoms with Gasteiger partial charge in [0.25, 0.3) is 5.82 Å². The van der Waals surface area contributed by atoms with Gasteiger partial charge in [-0.1, -0.05) is 65.8 Å². The molecule has 0 bridgehead atoms. The van der Waals surface area contributed by atoms with Crippen LogP contribution in [-0.4, -0.2) is 74.9 Å². The lowest BCUT2D eigenvalue weighted by molar-refractivity contribution is -0.146. The van der Waals surface area contributed by atoms with E-state index in [4.69, 9.17) is 4.74 Å². The molecule has 222 valence electrons. The fourth-order valence-corrected chi connectivity index (χ4v) is 6.59. The highest BCUT2D eigenvalue weighted by atomic mass is 19.4. The van der Waals surface area contributed by atoms with E-state index >= 15 is 0 Å². The van der Waals surface area contributed by atoms with E-state index in [1.807, 2.05) is 36.4 Å². The lowest BCUT2D eigenvalue weighted by Gasteiger charge is -2.48. The first-order chi connectivity index (χ1) is 20.9. The number of ether oxygens (including phenoxy) is 1. The number of hydrogen-bond acceptors (Lipinski definition) is 7. The summed E-state index contributed by atoms with van der Waals surface area (Å²) in [6.07, 6.45) is -3.95. The molecule has 0 spiro atoms. The first-order valence-electron chi connectivity index (χ1n) is 14.0. The third-order valence-corrected chi connectivity index (χ3v) is 8.40. The van der Waals surface area contributed by atoms with E-state index in [9.17, 15) is 18.7 Å². The van der Waals surface area contributed by atoms with Crippen LogP contribution in [0.1, 0.15) is 34.9 Å². The van der Waals surface area contributed by atoms with Crippen LogP contribution in [-0.2, 0) is 12.7 Å². The standard InChI is InChI=1S/C30H30F3N9O/c1-43-27-13-12-23(42-29(30(31,32)33)36-38-39-42)16-22(27)17-40-18-25-24(35-37-34)14-15-41(25)26(19-40)28(20-8-4-2-5-9-20)21-10-6-3-7-11-21/h2-13,16,24-26,28H,14-15,17-19H2,1H3/t24-,25-,26+/m1/s1. The van der Waals surface area contributed by atoms with Gasteiger partial charge in [-0.25, -0.2) is 0 Å². The summed E-state index contributed by atoms with van der Waals surface area (Å²) in [5.74, 6) is -0.611. The Morgan fingerprint density at radius 2 is 1.72 bits per heavy atom. The molecule has 3 atom stereocenters. The first-order valence-corrected chi connectivity index (χ1v) is 14.0. The van der Waals surface area contributed by atoms with E-state index < -0.39 is 12.0 Å². The van der Waals surface area contributed by atoms with E-state index in [-0.39, 0.29) is 29.7 Å². The number of aromatic nitrogens is 4. The molecule has 0 aliphatic carbocycles. The fourth-order valence-electron chi connectivity index (χ4n) is 6.59. The lowest BCUT2D eigenvalue weighted by Crippen LogP contribution is -2.59. The molecule has 2 saturated heterocycles. The molecule has 0 N–H and O–H groups in total. The second-order valence-electron chi connectivity index (χ2n) is 10.8. The number of nitrogens with zero attached hydrogens (tertiary/aromatic N) is 9. The second-order valence-corrected chi connectivity index (χ2v) is 10.8. The Hall–Kier alpha value is -4.45. The molecule has 2 aliphatic heterocycles. The highest BCUT2D eigenvalue weighted by molar-refractivity contribution is 5.44. The molecular weight excluding hydrogens is 559 g/mol. The van der Waals surface area contributed by atoms with Crippen LogP contribution in [0.4, 0.5) is 13.2 Å². The molecule has 3 aromatic carbocycles. The van der Waals surface area contributed by atoms with Crippen molar-refractivity contribution in [2.24, 2.45) is 5.11 Å². The number of tetrazole rings is 1. The SMILES string of the molecule is COc1ccc(-n2nnnc2C(F)(F)F)cc1CN1C[C@@H]2[C@H](N=[N+]=[N-])CCN2[C@H](C(c2ccccc2)c2ccccc2)C1. The van der Waals surface area contributed by atoms with Crippen LogP contribution in [0.5, 0.6) is 5.75 Å². The molecule has 43 heavy (non-hydrogen) atoms. The van der Waals surface area contributed by atoms with Gasteiger partial charge in [-0.3, -0.25) is 9.80 Å². The van der Waals surface area contributed by atoms with E-state index in [2.05, 4.69) is 59.6 Å². The molecule has 0 saturated carbocycles. The zero-order chi connectivity index (χ0) is 30.0. The summed E-state index contributed by atoms with van der Waals surface area (Å²) in [6, 6.07) is 25.4. The largest absolute Gasteiger partial charge is 0.496 e. The van der Waals surface area contributed by atoms with E-state index in [0.29, 0.717) is 35.6 Å². The van der Waals surface area contributed by atoms with Crippen molar-refractivity contribution in [3.63, 3.8) is 0 Å². The summed E-state index contributed by atoms with van der Waals surface area (Å²) in [4.78, 5) is 7.90. The minimum Gasteiger partial charge on any atom is -0.496 e. The molecule has 10 nitrogen and oxygen atoms in total. The minimum absolute atomic E-state index is 0.0184. The Labute approximate surface area is 246 Å². The van der Waals surface area contributed by atoms with Gasteiger partial charge < -0.3 is 4.74 Å². The van der Waals surface area contributed by atoms with Gasteiger partial charge in [-0.15, -0.1) is 5.10 Å². The van der Waals surface area contributed by atoms with Gasteiger partial charge in [0, 0.05) is 48.1 Å². The normalized spacial score (nSPS) is 21.0. The quantitative estimate of drug-likeness (QED) is 0.154. The van der Waals surface area contributed by atoms with Gasteiger partial charge in [0.2, 0.25) is 0 Å². The number of piperazine rings is 1. The summed E-state index contributed by atoms with van der Waals surface area (Å²) in [5.41, 5.74) is 12.6. The van der Waals surface area contributed by atoms with Crippen LogP contribution in [0, 0.1) is 0 Å². The van der Waals surface area contributed by atoms with Gasteiger partial charge in [-0.05, 0) is 58.2 Å². The number of alkyl halides is 3. The van der Waals surface area contributed by atoms with Crippen molar-refractivity contribution in [2.75, 3.05) is 26.7 Å². The summed E-state index contributed by atoms with van der Waals surface area (Å²) in [6.45, 7) is 2.52. The molecule has 13 heteroatoms. The summed E-state index contributed by atoms with van der Waals surface area (Å²) in [5, 5.41) is 14.2. The maximum atomic E-state index is 13.6. The summed E-state index contributed by atoms with van der Waals surface area (Å²) < 4.78 is 47.0. The van der Waals surface area contributed by atoms with E-state index in [1.54, 1.807) is 12.1 Å². The Morgan fingerprint density at radius 1 is 1.02 bits per heavy atom. The number of fused-ring (bicyclic) bond motifs is 1. The number of rotatable bonds is 8. The van der Waals surface area contributed by atoms with Crippen molar-refractivity contribution in [1.29, 1.82) is 0 Å². The molecule has 0 radical (unpaired) electrons. The van der Waals surface area contributed by atoms with Crippen LogP contribution < -0.4 is 4.74 Å². The van der Waals surface area contributed by atoms with Crippen LogP contribution in [0.25, 0.3) is 16.1 Å². The van der Waals surface area contributed by atoms with E-state index in [1.165, 1.54) is 24.3 Å². The molecule has 4 aromatic rings. The number of halogens is 3. The van der Waals surface area contributed by atoms with Crippen molar-refractivity contribution in [2.45, 2.75) is 43.2 Å². The van der Waals surface area contributed by atoms with Crippen molar-refractivity contribution in [3.05, 3.63) is 112 Å². The topological polar surface area (TPSA) is 108 Å². The second kappa shape index (κ2) is 12.0. The number of azide groups is 1. The highest BCUT2D eigenvalue weighted by Gasteiger charge is 2.46. The van der Waals surface area contributed by atoms with Crippen molar-refractivity contribution in [1.82, 2.24) is 30.0 Å². The Kier molecular flexibility index (Phi) is 8.02. The predicted molar refractivity (Wildman–Crippen MR) is 153 cm³/mol. The molecule has 0 unspecified atom stereocenters. The lowest BCUT2D eigenvalue weighted by atomic mass is 9.82. The zero-order valence-corrected chi connectivity index (χ0v) is 23.4. The molecule has 2 aliphatic rings. The average molecular weight is 590 g/mol. The number of hydrogen-bond donors (Lipinski definition) is 0. The third kappa shape index (κ3) is 5.79. The zero-order valence-electron chi connectivity index (χ0n) is 23.4. The average Bonchev–Trinajstić information content (AvgIpc) is 3.67. The van der Waals surface area contributed by atoms with Gasteiger partial charge in [-0.2, -0.15) is 17.9 Å². The van der Waals surface area contributed by atoms with Gasteiger partial charge in [0.1, 0.15) is 5.75 Å². The molecule has 0 amide bonds.